The van der Waals surface area contributed by atoms with Crippen molar-refractivity contribution >= 4 is 5.91 Å². The highest BCUT2D eigenvalue weighted by molar-refractivity contribution is 5.78. The minimum Gasteiger partial charge on any atom is -0.339 e. The molecule has 0 N–H and O–H groups in total. The van der Waals surface area contributed by atoms with Gasteiger partial charge in [0.2, 0.25) is 5.91 Å². The second-order valence-electron chi connectivity index (χ2n) is 9.46. The number of piperazine rings is 1. The van der Waals surface area contributed by atoms with Gasteiger partial charge in [0.25, 0.3) is 0 Å². The first kappa shape index (κ1) is 21.2. The lowest BCUT2D eigenvalue weighted by Crippen LogP contribution is -2.53. The first-order valence-electron chi connectivity index (χ1n) is 12.1. The van der Waals surface area contributed by atoms with Crippen molar-refractivity contribution in [1.29, 1.82) is 5.26 Å². The Morgan fingerprint density at radius 2 is 1.75 bits per heavy atom. The summed E-state index contributed by atoms with van der Waals surface area (Å²) >= 11 is 0. The van der Waals surface area contributed by atoms with Gasteiger partial charge in [0.05, 0.1) is 18.2 Å². The summed E-state index contributed by atoms with van der Waals surface area (Å²) in [6.07, 6.45) is 6.36. The monoisotopic (exact) mass is 428 g/mol. The number of rotatable bonds is 4. The van der Waals surface area contributed by atoms with Crippen molar-refractivity contribution in [1.82, 2.24) is 14.7 Å². The van der Waals surface area contributed by atoms with E-state index in [1.54, 1.807) is 0 Å². The zero-order chi connectivity index (χ0) is 21.9. The van der Waals surface area contributed by atoms with Crippen molar-refractivity contribution in [2.75, 3.05) is 39.3 Å². The maximum Gasteiger partial charge on any atom is 0.236 e. The molecular weight excluding hydrogens is 396 g/mol. The Morgan fingerprint density at radius 3 is 2.53 bits per heavy atom. The lowest BCUT2D eigenvalue weighted by Gasteiger charge is -2.39. The van der Waals surface area contributed by atoms with Gasteiger partial charge >= 0.3 is 0 Å². The van der Waals surface area contributed by atoms with Gasteiger partial charge in [-0.3, -0.25) is 14.6 Å². The minimum atomic E-state index is 0.277. The quantitative estimate of drug-likeness (QED) is 0.746. The van der Waals surface area contributed by atoms with E-state index in [1.807, 2.05) is 24.3 Å². The molecule has 0 unspecified atom stereocenters. The van der Waals surface area contributed by atoms with Crippen LogP contribution in [0.15, 0.2) is 42.5 Å². The SMILES string of the molecule is N#Cc1ccccc1-c1ccc2c(c1)CCN(CC(=O)N1CCN(C3CCCC3)CC1)C2. The van der Waals surface area contributed by atoms with Crippen LogP contribution >= 0.6 is 0 Å². The van der Waals surface area contributed by atoms with Crippen molar-refractivity contribution < 1.29 is 4.79 Å². The fourth-order valence-corrected chi connectivity index (χ4v) is 5.64. The summed E-state index contributed by atoms with van der Waals surface area (Å²) < 4.78 is 0. The molecule has 5 rings (SSSR count). The normalized spacial score (nSPS) is 20.2. The van der Waals surface area contributed by atoms with Gasteiger partial charge in [0.1, 0.15) is 0 Å². The predicted octanol–water partition coefficient (Wildman–Crippen LogP) is 3.67. The van der Waals surface area contributed by atoms with Crippen LogP contribution in [-0.2, 0) is 17.8 Å². The fraction of sp³-hybridized carbons (Fsp3) is 0.481. The lowest BCUT2D eigenvalue weighted by atomic mass is 9.93. The molecule has 2 heterocycles. The average molecular weight is 429 g/mol. The predicted molar refractivity (Wildman–Crippen MR) is 126 cm³/mol. The topological polar surface area (TPSA) is 50.6 Å². The summed E-state index contributed by atoms with van der Waals surface area (Å²) in [5, 5.41) is 9.42. The summed E-state index contributed by atoms with van der Waals surface area (Å²) in [5.41, 5.74) is 5.44. The van der Waals surface area contributed by atoms with Gasteiger partial charge in [-0.15, -0.1) is 0 Å². The smallest absolute Gasteiger partial charge is 0.236 e. The van der Waals surface area contributed by atoms with Crippen LogP contribution in [0.3, 0.4) is 0 Å². The van der Waals surface area contributed by atoms with Gasteiger partial charge in [-0.1, -0.05) is 49.2 Å². The van der Waals surface area contributed by atoms with E-state index < -0.39 is 0 Å². The molecular formula is C27H32N4O. The van der Waals surface area contributed by atoms with Crippen LogP contribution in [-0.4, -0.2) is 65.9 Å². The number of carbonyl (C=O) groups excluding carboxylic acids is 1. The summed E-state index contributed by atoms with van der Waals surface area (Å²) in [6, 6.07) is 17.4. The van der Waals surface area contributed by atoms with Crippen molar-refractivity contribution in [3.05, 3.63) is 59.2 Å². The third kappa shape index (κ3) is 4.44. The van der Waals surface area contributed by atoms with Crippen LogP contribution in [0.25, 0.3) is 11.1 Å². The molecule has 0 spiro atoms. The van der Waals surface area contributed by atoms with Crippen LogP contribution in [0.2, 0.25) is 0 Å². The number of carbonyl (C=O) groups is 1. The largest absolute Gasteiger partial charge is 0.339 e. The Morgan fingerprint density at radius 1 is 0.969 bits per heavy atom. The zero-order valence-corrected chi connectivity index (χ0v) is 18.8. The molecule has 1 saturated heterocycles. The number of nitriles is 1. The van der Waals surface area contributed by atoms with E-state index >= 15 is 0 Å². The highest BCUT2D eigenvalue weighted by atomic mass is 16.2. The first-order valence-corrected chi connectivity index (χ1v) is 12.1. The molecule has 1 amide bonds. The maximum atomic E-state index is 13.0. The number of amides is 1. The first-order chi connectivity index (χ1) is 15.7. The van der Waals surface area contributed by atoms with Crippen molar-refractivity contribution in [3.63, 3.8) is 0 Å². The molecule has 0 radical (unpaired) electrons. The van der Waals surface area contributed by atoms with Crippen LogP contribution < -0.4 is 0 Å². The van der Waals surface area contributed by atoms with Gasteiger partial charge < -0.3 is 4.90 Å². The van der Waals surface area contributed by atoms with E-state index in [1.165, 1.54) is 36.8 Å². The zero-order valence-electron chi connectivity index (χ0n) is 18.8. The van der Waals surface area contributed by atoms with Crippen molar-refractivity contribution in [3.8, 4) is 17.2 Å². The molecule has 5 nitrogen and oxygen atoms in total. The molecule has 0 aromatic heterocycles. The van der Waals surface area contributed by atoms with E-state index in [-0.39, 0.29) is 5.91 Å². The summed E-state index contributed by atoms with van der Waals surface area (Å²) in [7, 11) is 0. The van der Waals surface area contributed by atoms with Crippen molar-refractivity contribution in [2.24, 2.45) is 0 Å². The van der Waals surface area contributed by atoms with Crippen molar-refractivity contribution in [2.45, 2.75) is 44.7 Å². The molecule has 0 atom stereocenters. The highest BCUT2D eigenvalue weighted by Gasteiger charge is 2.29. The molecule has 1 saturated carbocycles. The molecule has 1 aliphatic carbocycles. The lowest BCUT2D eigenvalue weighted by molar-refractivity contribution is -0.134. The molecule has 2 fully saturated rings. The number of benzene rings is 2. The van der Waals surface area contributed by atoms with Gasteiger partial charge in [-0.2, -0.15) is 5.26 Å². The van der Waals surface area contributed by atoms with E-state index in [0.717, 1.165) is 62.9 Å². The number of fused-ring (bicyclic) bond motifs is 1. The average Bonchev–Trinajstić information content (AvgIpc) is 3.39. The maximum absolute atomic E-state index is 13.0. The summed E-state index contributed by atoms with van der Waals surface area (Å²) in [5.74, 6) is 0.277. The standard InChI is InChI=1S/C27H32N4O/c28-18-23-5-1-4-8-26(23)22-9-10-24-19-29(12-11-21(24)17-22)20-27(32)31-15-13-30(14-16-31)25-6-2-3-7-25/h1,4-5,8-10,17,25H,2-3,6-7,11-16,19-20H2. The van der Waals surface area contributed by atoms with Crippen LogP contribution in [0.4, 0.5) is 0 Å². The molecule has 0 bridgehead atoms. The van der Waals surface area contributed by atoms with E-state index in [9.17, 15) is 10.1 Å². The summed E-state index contributed by atoms with van der Waals surface area (Å²) in [6.45, 7) is 6.07. The molecule has 2 aliphatic heterocycles. The second kappa shape index (κ2) is 9.44. The van der Waals surface area contributed by atoms with E-state index in [2.05, 4.69) is 39.0 Å². The molecule has 32 heavy (non-hydrogen) atoms. The number of hydrogen-bond donors (Lipinski definition) is 0. The minimum absolute atomic E-state index is 0.277. The van der Waals surface area contributed by atoms with E-state index in [0.29, 0.717) is 12.1 Å². The van der Waals surface area contributed by atoms with Gasteiger partial charge in [-0.25, -0.2) is 0 Å². The second-order valence-corrected chi connectivity index (χ2v) is 9.46. The van der Waals surface area contributed by atoms with Crippen LogP contribution in [0, 0.1) is 11.3 Å². The fourth-order valence-electron chi connectivity index (χ4n) is 5.64. The molecule has 2 aromatic carbocycles. The Labute approximate surface area is 191 Å². The van der Waals surface area contributed by atoms with Gasteiger partial charge in [-0.05, 0) is 47.6 Å². The molecule has 3 aliphatic rings. The molecule has 2 aromatic rings. The Bertz CT molecular complexity index is 1010. The van der Waals surface area contributed by atoms with Gasteiger partial charge in [0.15, 0.2) is 0 Å². The van der Waals surface area contributed by atoms with Crippen LogP contribution in [0.1, 0.15) is 42.4 Å². The number of hydrogen-bond acceptors (Lipinski definition) is 4. The third-order valence-electron chi connectivity index (χ3n) is 7.52. The number of nitrogens with zero attached hydrogens (tertiary/aromatic N) is 4. The van der Waals surface area contributed by atoms with Crippen LogP contribution in [0.5, 0.6) is 0 Å². The molecule has 5 heteroatoms. The Hall–Kier alpha value is -2.68. The molecule has 166 valence electrons. The van der Waals surface area contributed by atoms with Gasteiger partial charge in [0, 0.05) is 45.3 Å². The van der Waals surface area contributed by atoms with E-state index in [4.69, 9.17) is 0 Å². The highest BCUT2D eigenvalue weighted by Crippen LogP contribution is 2.29. The Balaban J connectivity index is 1.18. The Kier molecular flexibility index (Phi) is 6.25. The summed E-state index contributed by atoms with van der Waals surface area (Å²) in [4.78, 5) is 19.9. The third-order valence-corrected chi connectivity index (χ3v) is 7.52.